The molecule has 5 heteroatoms. The summed E-state index contributed by atoms with van der Waals surface area (Å²) in [5, 5.41) is 0. The molecule has 1 aliphatic heterocycles. The Kier molecular flexibility index (Phi) is 6.40. The first kappa shape index (κ1) is 14.9. The normalized spacial score (nSPS) is 24.5. The van der Waals surface area contributed by atoms with Crippen molar-refractivity contribution in [3.05, 3.63) is 0 Å². The molecule has 0 bridgehead atoms. The monoisotopic (exact) mass is 236 g/mol. The van der Waals surface area contributed by atoms with Crippen molar-refractivity contribution in [2.24, 2.45) is 0 Å². The van der Waals surface area contributed by atoms with Crippen molar-refractivity contribution >= 4 is 10.0 Å². The number of likely N-dealkylation sites (N-methyl/N-ethyl adjacent to an activating group) is 1. The summed E-state index contributed by atoms with van der Waals surface area (Å²) >= 11 is 0. The quantitative estimate of drug-likeness (QED) is 0.718. The van der Waals surface area contributed by atoms with E-state index in [1.54, 1.807) is 11.2 Å². The first-order valence-corrected chi connectivity index (χ1v) is 7.26. The molecule has 0 aromatic heterocycles. The van der Waals surface area contributed by atoms with Gasteiger partial charge in [0.05, 0.1) is 5.75 Å². The number of hydrogen-bond donors (Lipinski definition) is 0. The fourth-order valence-corrected chi connectivity index (χ4v) is 2.62. The van der Waals surface area contributed by atoms with Crippen molar-refractivity contribution in [2.45, 2.75) is 33.7 Å². The largest absolute Gasteiger partial charge is 0.301 e. The Morgan fingerprint density at radius 3 is 2.20 bits per heavy atom. The van der Waals surface area contributed by atoms with Gasteiger partial charge in [-0.25, -0.2) is 8.42 Å². The van der Waals surface area contributed by atoms with Crippen LogP contribution in [0, 0.1) is 0 Å². The van der Waals surface area contributed by atoms with E-state index in [9.17, 15) is 8.42 Å². The van der Waals surface area contributed by atoms with Crippen molar-refractivity contribution in [3.8, 4) is 0 Å². The molecule has 1 rings (SSSR count). The zero-order valence-corrected chi connectivity index (χ0v) is 11.3. The second kappa shape index (κ2) is 6.45. The van der Waals surface area contributed by atoms with Crippen LogP contribution in [0.5, 0.6) is 0 Å². The first-order chi connectivity index (χ1) is 6.97. The third-order valence-electron chi connectivity index (χ3n) is 2.68. The van der Waals surface area contributed by atoms with Gasteiger partial charge in [-0.3, -0.25) is 0 Å². The minimum Gasteiger partial charge on any atom is -0.301 e. The Morgan fingerprint density at radius 1 is 1.27 bits per heavy atom. The van der Waals surface area contributed by atoms with Gasteiger partial charge < -0.3 is 4.90 Å². The minimum atomic E-state index is -2.97. The van der Waals surface area contributed by atoms with Crippen LogP contribution in [-0.2, 0) is 10.0 Å². The maximum absolute atomic E-state index is 11.5. The molecule has 4 nitrogen and oxygen atoms in total. The Bertz CT molecular complexity index is 265. The fraction of sp³-hybridized carbons (Fsp3) is 1.00. The molecule has 0 N–H and O–H groups in total. The Hall–Kier alpha value is -0.130. The molecule has 1 atom stereocenters. The molecule has 0 radical (unpaired) electrons. The highest BCUT2D eigenvalue weighted by Crippen LogP contribution is 2.11. The predicted molar refractivity (Wildman–Crippen MR) is 64.5 cm³/mol. The first-order valence-electron chi connectivity index (χ1n) is 5.65. The molecule has 0 aliphatic carbocycles. The van der Waals surface area contributed by atoms with Gasteiger partial charge in [-0.1, -0.05) is 13.8 Å². The highest BCUT2D eigenvalue weighted by molar-refractivity contribution is 7.89. The van der Waals surface area contributed by atoms with Crippen LogP contribution in [0.3, 0.4) is 0 Å². The van der Waals surface area contributed by atoms with E-state index in [1.165, 1.54) is 0 Å². The van der Waals surface area contributed by atoms with Crippen LogP contribution < -0.4 is 0 Å². The van der Waals surface area contributed by atoms with Crippen LogP contribution in [0.2, 0.25) is 0 Å². The predicted octanol–water partition coefficient (Wildman–Crippen LogP) is 0.998. The van der Waals surface area contributed by atoms with Gasteiger partial charge in [0, 0.05) is 25.7 Å². The molecule has 0 aromatic carbocycles. The Labute approximate surface area is 94.3 Å². The third-order valence-corrected chi connectivity index (χ3v) is 4.53. The van der Waals surface area contributed by atoms with E-state index < -0.39 is 10.0 Å². The molecule has 0 saturated carbocycles. The lowest BCUT2D eigenvalue weighted by Crippen LogP contribution is -2.52. The van der Waals surface area contributed by atoms with Gasteiger partial charge >= 0.3 is 0 Å². The molecule has 1 aliphatic rings. The fourth-order valence-electron chi connectivity index (χ4n) is 1.45. The van der Waals surface area contributed by atoms with Crippen molar-refractivity contribution in [3.63, 3.8) is 0 Å². The maximum Gasteiger partial charge on any atom is 0.213 e. The summed E-state index contributed by atoms with van der Waals surface area (Å²) < 4.78 is 24.6. The molecule has 0 spiro atoms. The number of rotatable bonds is 2. The van der Waals surface area contributed by atoms with Gasteiger partial charge in [-0.05, 0) is 20.9 Å². The number of sulfonamides is 1. The van der Waals surface area contributed by atoms with Crippen LogP contribution in [-0.4, -0.2) is 56.1 Å². The maximum atomic E-state index is 11.5. The zero-order chi connectivity index (χ0) is 12.1. The summed E-state index contributed by atoms with van der Waals surface area (Å²) in [5.74, 6) is 0.212. The highest BCUT2D eigenvalue weighted by Gasteiger charge is 2.27. The van der Waals surface area contributed by atoms with Gasteiger partial charge in [-0.15, -0.1) is 0 Å². The standard InChI is InChI=1S/C8H18N2O2S.C2H6/c1-4-13(11,12)10-6-5-9(3)8(2)7-10;1-2/h8H,4-7H2,1-3H3;1-2H3/t8-;/m0./s1. The number of hydrogen-bond acceptors (Lipinski definition) is 3. The highest BCUT2D eigenvalue weighted by atomic mass is 32.2. The van der Waals surface area contributed by atoms with E-state index in [4.69, 9.17) is 0 Å². The van der Waals surface area contributed by atoms with Crippen molar-refractivity contribution in [1.29, 1.82) is 0 Å². The van der Waals surface area contributed by atoms with Gasteiger partial charge in [0.15, 0.2) is 0 Å². The average molecular weight is 236 g/mol. The van der Waals surface area contributed by atoms with Crippen molar-refractivity contribution in [1.82, 2.24) is 9.21 Å². The van der Waals surface area contributed by atoms with Crippen LogP contribution >= 0.6 is 0 Å². The summed E-state index contributed by atoms with van der Waals surface area (Å²) in [6.07, 6.45) is 0. The molecular formula is C10H24N2O2S. The summed E-state index contributed by atoms with van der Waals surface area (Å²) in [6.45, 7) is 9.85. The van der Waals surface area contributed by atoms with Gasteiger partial charge in [0.1, 0.15) is 0 Å². The molecule has 92 valence electrons. The lowest BCUT2D eigenvalue weighted by molar-refractivity contribution is 0.160. The summed E-state index contributed by atoms with van der Waals surface area (Å²) in [7, 11) is -0.943. The van der Waals surface area contributed by atoms with E-state index in [2.05, 4.69) is 11.8 Å². The van der Waals surface area contributed by atoms with Crippen molar-refractivity contribution < 1.29 is 8.42 Å². The van der Waals surface area contributed by atoms with E-state index in [-0.39, 0.29) is 5.75 Å². The molecule has 1 fully saturated rings. The van der Waals surface area contributed by atoms with Crippen LogP contribution in [0.1, 0.15) is 27.7 Å². The molecule has 0 unspecified atom stereocenters. The minimum absolute atomic E-state index is 0.212. The lowest BCUT2D eigenvalue weighted by Gasteiger charge is -2.36. The SMILES string of the molecule is CC.CCS(=O)(=O)N1CCN(C)[C@@H](C)C1. The second-order valence-corrected chi connectivity index (χ2v) is 5.85. The Balaban J connectivity index is 0.000000921. The van der Waals surface area contributed by atoms with Crippen LogP contribution in [0.15, 0.2) is 0 Å². The summed E-state index contributed by atoms with van der Waals surface area (Å²) in [6, 6.07) is 0.329. The summed E-state index contributed by atoms with van der Waals surface area (Å²) in [5.41, 5.74) is 0. The van der Waals surface area contributed by atoms with Gasteiger partial charge in [0.2, 0.25) is 10.0 Å². The molecular weight excluding hydrogens is 212 g/mol. The third kappa shape index (κ3) is 4.09. The molecule has 0 aromatic rings. The second-order valence-electron chi connectivity index (χ2n) is 3.59. The molecule has 1 saturated heterocycles. The smallest absolute Gasteiger partial charge is 0.213 e. The summed E-state index contributed by atoms with van der Waals surface area (Å²) in [4.78, 5) is 2.18. The lowest BCUT2D eigenvalue weighted by atomic mass is 10.2. The van der Waals surface area contributed by atoms with Gasteiger partial charge in [-0.2, -0.15) is 4.31 Å². The molecule has 0 amide bonds. The van der Waals surface area contributed by atoms with E-state index >= 15 is 0 Å². The topological polar surface area (TPSA) is 40.6 Å². The molecule has 15 heavy (non-hydrogen) atoms. The van der Waals surface area contributed by atoms with Crippen molar-refractivity contribution in [2.75, 3.05) is 32.4 Å². The number of nitrogens with zero attached hydrogens (tertiary/aromatic N) is 2. The zero-order valence-electron chi connectivity index (χ0n) is 10.5. The van der Waals surface area contributed by atoms with Crippen LogP contribution in [0.25, 0.3) is 0 Å². The van der Waals surface area contributed by atoms with Crippen LogP contribution in [0.4, 0.5) is 0 Å². The average Bonchev–Trinajstić information content (AvgIpc) is 2.25. The van der Waals surface area contributed by atoms with E-state index in [1.807, 2.05) is 20.9 Å². The van der Waals surface area contributed by atoms with E-state index in [0.29, 0.717) is 19.1 Å². The van der Waals surface area contributed by atoms with Gasteiger partial charge in [0.25, 0.3) is 0 Å². The molecule has 1 heterocycles. The Morgan fingerprint density at radius 2 is 1.80 bits per heavy atom. The number of piperazine rings is 1. The van der Waals surface area contributed by atoms with E-state index in [0.717, 1.165) is 6.54 Å².